The van der Waals surface area contributed by atoms with Gasteiger partial charge in [0.05, 0.1) is 13.2 Å². The molecule has 0 spiro atoms. The molecule has 3 rings (SSSR count). The molecular formula is C20H30ClN3O4. The number of hydrogen-bond acceptors (Lipinski definition) is 5. The van der Waals surface area contributed by atoms with E-state index in [-0.39, 0.29) is 42.3 Å². The normalized spacial score (nSPS) is 22.4. The summed E-state index contributed by atoms with van der Waals surface area (Å²) >= 11 is 0. The van der Waals surface area contributed by atoms with E-state index in [4.69, 9.17) is 15.2 Å². The molecule has 8 heteroatoms. The van der Waals surface area contributed by atoms with Crippen LogP contribution >= 0.6 is 12.4 Å². The molecule has 2 fully saturated rings. The zero-order valence-electron chi connectivity index (χ0n) is 16.3. The summed E-state index contributed by atoms with van der Waals surface area (Å²) in [6, 6.07) is 7.64. The Morgan fingerprint density at radius 3 is 2.43 bits per heavy atom. The van der Waals surface area contributed by atoms with Crippen LogP contribution in [0.1, 0.15) is 31.2 Å². The van der Waals surface area contributed by atoms with Gasteiger partial charge in [-0.2, -0.15) is 0 Å². The van der Waals surface area contributed by atoms with Crippen molar-refractivity contribution in [1.29, 1.82) is 0 Å². The average Bonchev–Trinajstić information content (AvgIpc) is 3.21. The van der Waals surface area contributed by atoms with Crippen LogP contribution in [0.15, 0.2) is 24.3 Å². The Labute approximate surface area is 172 Å². The molecule has 3 N–H and O–H groups in total. The second-order valence-corrected chi connectivity index (χ2v) is 7.23. The molecule has 2 heterocycles. The highest BCUT2D eigenvalue weighted by Crippen LogP contribution is 2.24. The largest absolute Gasteiger partial charge is 0.497 e. The standard InChI is InChI=1S/C20H29N3O4.ClH/c1-26-16-4-2-14(3-5-16)13-22-19(24)15-8-10-23(11-9-15)20(25)18-7-6-17(12-21)27-18;/h2-5,15,17-18H,6-13,21H2,1H3,(H,22,24);1H/t17-,18+;/m1./s1. The first-order valence-corrected chi connectivity index (χ1v) is 9.65. The maximum Gasteiger partial charge on any atom is 0.251 e. The van der Waals surface area contributed by atoms with Gasteiger partial charge in [0.2, 0.25) is 5.91 Å². The van der Waals surface area contributed by atoms with Crippen molar-refractivity contribution in [3.63, 3.8) is 0 Å². The number of rotatable bonds is 6. The van der Waals surface area contributed by atoms with Gasteiger partial charge in [0.1, 0.15) is 11.9 Å². The zero-order valence-corrected chi connectivity index (χ0v) is 17.1. The molecule has 2 aliphatic heterocycles. The molecule has 0 aliphatic carbocycles. The van der Waals surface area contributed by atoms with E-state index in [0.29, 0.717) is 39.0 Å². The third-order valence-corrected chi connectivity index (χ3v) is 5.45. The number of benzene rings is 1. The smallest absolute Gasteiger partial charge is 0.251 e. The maximum absolute atomic E-state index is 12.6. The summed E-state index contributed by atoms with van der Waals surface area (Å²) in [5.41, 5.74) is 6.64. The Bertz CT molecular complexity index is 647. The van der Waals surface area contributed by atoms with Gasteiger partial charge in [-0.3, -0.25) is 9.59 Å². The van der Waals surface area contributed by atoms with Gasteiger partial charge in [0.15, 0.2) is 0 Å². The van der Waals surface area contributed by atoms with Crippen LogP contribution in [0.3, 0.4) is 0 Å². The first-order chi connectivity index (χ1) is 13.1. The molecule has 2 atom stereocenters. The number of nitrogens with zero attached hydrogens (tertiary/aromatic N) is 1. The van der Waals surface area contributed by atoms with Crippen molar-refractivity contribution in [2.24, 2.45) is 11.7 Å². The van der Waals surface area contributed by atoms with Gasteiger partial charge in [-0.1, -0.05) is 12.1 Å². The van der Waals surface area contributed by atoms with E-state index in [2.05, 4.69) is 5.32 Å². The minimum Gasteiger partial charge on any atom is -0.497 e. The number of piperidine rings is 1. The topological polar surface area (TPSA) is 93.9 Å². The second-order valence-electron chi connectivity index (χ2n) is 7.23. The zero-order chi connectivity index (χ0) is 19.2. The summed E-state index contributed by atoms with van der Waals surface area (Å²) in [6.07, 6.45) is 2.60. The number of amides is 2. The number of ether oxygens (including phenoxy) is 2. The highest BCUT2D eigenvalue weighted by molar-refractivity contribution is 5.85. The molecule has 2 saturated heterocycles. The molecule has 1 aromatic rings. The van der Waals surface area contributed by atoms with Gasteiger partial charge in [0, 0.05) is 32.1 Å². The predicted octanol–water partition coefficient (Wildman–Crippen LogP) is 1.48. The first kappa shape index (κ1) is 22.5. The number of halogens is 1. The van der Waals surface area contributed by atoms with E-state index >= 15 is 0 Å². The quantitative estimate of drug-likeness (QED) is 0.739. The highest BCUT2D eigenvalue weighted by atomic mass is 35.5. The Kier molecular flexibility index (Phi) is 8.54. The lowest BCUT2D eigenvalue weighted by atomic mass is 9.95. The summed E-state index contributed by atoms with van der Waals surface area (Å²) in [5.74, 6) is 0.848. The molecule has 0 saturated carbocycles. The van der Waals surface area contributed by atoms with Gasteiger partial charge in [-0.25, -0.2) is 0 Å². The molecule has 156 valence electrons. The van der Waals surface area contributed by atoms with Crippen molar-refractivity contribution < 1.29 is 19.1 Å². The van der Waals surface area contributed by atoms with Gasteiger partial charge >= 0.3 is 0 Å². The van der Waals surface area contributed by atoms with Crippen LogP contribution in [0.5, 0.6) is 5.75 Å². The van der Waals surface area contributed by atoms with Crippen molar-refractivity contribution in [3.05, 3.63) is 29.8 Å². The van der Waals surface area contributed by atoms with Crippen molar-refractivity contribution in [3.8, 4) is 5.75 Å². The molecular weight excluding hydrogens is 382 g/mol. The molecule has 2 aliphatic rings. The Morgan fingerprint density at radius 2 is 1.86 bits per heavy atom. The molecule has 0 unspecified atom stereocenters. The SMILES string of the molecule is COc1ccc(CNC(=O)C2CCN(C(=O)[C@@H]3CC[C@H](CN)O3)CC2)cc1.Cl. The van der Waals surface area contributed by atoms with Gasteiger partial charge in [-0.05, 0) is 43.4 Å². The number of methoxy groups -OCH3 is 1. The molecule has 1 aromatic carbocycles. The number of carbonyl (C=O) groups excluding carboxylic acids is 2. The lowest BCUT2D eigenvalue weighted by Gasteiger charge is -2.32. The minimum atomic E-state index is -0.362. The van der Waals surface area contributed by atoms with Crippen molar-refractivity contribution >= 4 is 24.2 Å². The van der Waals surface area contributed by atoms with Crippen LogP contribution in [-0.2, 0) is 20.9 Å². The summed E-state index contributed by atoms with van der Waals surface area (Å²) in [4.78, 5) is 26.8. The average molecular weight is 412 g/mol. The van der Waals surface area contributed by atoms with E-state index in [9.17, 15) is 9.59 Å². The van der Waals surface area contributed by atoms with Crippen LogP contribution in [0.25, 0.3) is 0 Å². The number of nitrogens with one attached hydrogen (secondary N) is 1. The molecule has 0 bridgehead atoms. The molecule has 0 radical (unpaired) electrons. The van der Waals surface area contributed by atoms with Crippen LogP contribution in [0.4, 0.5) is 0 Å². The van der Waals surface area contributed by atoms with Crippen LogP contribution in [-0.4, -0.2) is 55.7 Å². The monoisotopic (exact) mass is 411 g/mol. The fraction of sp³-hybridized carbons (Fsp3) is 0.600. The maximum atomic E-state index is 12.6. The van der Waals surface area contributed by atoms with Crippen LogP contribution in [0, 0.1) is 5.92 Å². The Hall–Kier alpha value is -1.83. The lowest BCUT2D eigenvalue weighted by molar-refractivity contribution is -0.145. The van der Waals surface area contributed by atoms with Crippen molar-refractivity contribution in [1.82, 2.24) is 10.2 Å². The fourth-order valence-electron chi connectivity index (χ4n) is 3.70. The summed E-state index contributed by atoms with van der Waals surface area (Å²) in [5, 5.41) is 3.00. The van der Waals surface area contributed by atoms with Gasteiger partial charge < -0.3 is 25.4 Å². The number of carbonyl (C=O) groups is 2. The Morgan fingerprint density at radius 1 is 1.18 bits per heavy atom. The Balaban J connectivity index is 0.00000280. The number of hydrogen-bond donors (Lipinski definition) is 2. The minimum absolute atomic E-state index is 0. The summed E-state index contributed by atoms with van der Waals surface area (Å²) in [6.45, 7) is 2.16. The molecule has 2 amide bonds. The van der Waals surface area contributed by atoms with E-state index < -0.39 is 0 Å². The van der Waals surface area contributed by atoms with E-state index in [1.54, 1.807) is 7.11 Å². The van der Waals surface area contributed by atoms with Gasteiger partial charge in [-0.15, -0.1) is 12.4 Å². The fourth-order valence-corrected chi connectivity index (χ4v) is 3.70. The predicted molar refractivity (Wildman–Crippen MR) is 108 cm³/mol. The van der Waals surface area contributed by atoms with Gasteiger partial charge in [0.25, 0.3) is 5.91 Å². The molecule has 7 nitrogen and oxygen atoms in total. The van der Waals surface area contributed by atoms with E-state index in [1.807, 2.05) is 29.2 Å². The molecule has 28 heavy (non-hydrogen) atoms. The highest BCUT2D eigenvalue weighted by Gasteiger charge is 2.35. The molecule has 0 aromatic heterocycles. The van der Waals surface area contributed by atoms with Crippen molar-refractivity contribution in [2.45, 2.75) is 44.4 Å². The lowest BCUT2D eigenvalue weighted by Crippen LogP contribution is -2.46. The number of nitrogens with two attached hydrogens (primary N) is 1. The third kappa shape index (κ3) is 5.59. The van der Waals surface area contributed by atoms with E-state index in [0.717, 1.165) is 24.2 Å². The number of likely N-dealkylation sites (tertiary alicyclic amines) is 1. The van der Waals surface area contributed by atoms with Crippen LogP contribution < -0.4 is 15.8 Å². The van der Waals surface area contributed by atoms with Crippen LogP contribution in [0.2, 0.25) is 0 Å². The van der Waals surface area contributed by atoms with Crippen molar-refractivity contribution in [2.75, 3.05) is 26.7 Å². The van der Waals surface area contributed by atoms with E-state index in [1.165, 1.54) is 0 Å². The first-order valence-electron chi connectivity index (χ1n) is 9.65. The summed E-state index contributed by atoms with van der Waals surface area (Å²) < 4.78 is 10.8. The third-order valence-electron chi connectivity index (χ3n) is 5.45. The second kappa shape index (κ2) is 10.6. The summed E-state index contributed by atoms with van der Waals surface area (Å²) in [7, 11) is 1.63.